The third kappa shape index (κ3) is 4.13. The van der Waals surface area contributed by atoms with Crippen LogP contribution in [0.25, 0.3) is 11.4 Å². The van der Waals surface area contributed by atoms with E-state index in [4.69, 9.17) is 10.3 Å². The zero-order valence-electron chi connectivity index (χ0n) is 12.0. The fourth-order valence-electron chi connectivity index (χ4n) is 2.37. The molecule has 2 rings (SSSR count). The Morgan fingerprint density at radius 2 is 2.20 bits per heavy atom. The summed E-state index contributed by atoms with van der Waals surface area (Å²) in [4.78, 5) is 8.48. The van der Waals surface area contributed by atoms with Crippen LogP contribution in [0, 0.1) is 5.92 Å². The fourth-order valence-corrected chi connectivity index (χ4v) is 2.37. The SMILES string of the molecule is CCCC(CCN)CCc1nc(-c2cccnc2)no1. The number of aryl methyl sites for hydroxylation is 1. The van der Waals surface area contributed by atoms with Gasteiger partial charge in [-0.2, -0.15) is 4.98 Å². The molecular formula is C15H22N4O. The standard InChI is InChI=1S/C15H22N4O/c1-2-4-12(8-9-16)6-7-14-18-15(19-20-14)13-5-3-10-17-11-13/h3,5,10-12H,2,4,6-9,16H2,1H3. The van der Waals surface area contributed by atoms with Crippen LogP contribution in [0.5, 0.6) is 0 Å². The van der Waals surface area contributed by atoms with Crippen molar-refractivity contribution in [3.05, 3.63) is 30.4 Å². The molecule has 0 amide bonds. The van der Waals surface area contributed by atoms with Gasteiger partial charge in [0.1, 0.15) is 0 Å². The normalized spacial score (nSPS) is 12.5. The Labute approximate surface area is 119 Å². The lowest BCUT2D eigenvalue weighted by atomic mass is 9.94. The summed E-state index contributed by atoms with van der Waals surface area (Å²) in [7, 11) is 0. The first-order valence-electron chi connectivity index (χ1n) is 7.26. The van der Waals surface area contributed by atoms with E-state index >= 15 is 0 Å². The molecule has 1 atom stereocenters. The van der Waals surface area contributed by atoms with Crippen molar-refractivity contribution in [2.24, 2.45) is 11.7 Å². The second kappa shape index (κ2) is 7.75. The van der Waals surface area contributed by atoms with Gasteiger partial charge in [0, 0.05) is 24.4 Å². The van der Waals surface area contributed by atoms with E-state index < -0.39 is 0 Å². The smallest absolute Gasteiger partial charge is 0.226 e. The van der Waals surface area contributed by atoms with Gasteiger partial charge in [-0.05, 0) is 37.4 Å². The number of hydrogen-bond donors (Lipinski definition) is 1. The molecule has 0 bridgehead atoms. The molecule has 2 N–H and O–H groups in total. The molecule has 5 nitrogen and oxygen atoms in total. The predicted molar refractivity (Wildman–Crippen MR) is 77.9 cm³/mol. The molecule has 0 fully saturated rings. The monoisotopic (exact) mass is 274 g/mol. The van der Waals surface area contributed by atoms with Gasteiger partial charge in [0.05, 0.1) is 0 Å². The molecule has 0 spiro atoms. The Bertz CT molecular complexity index is 492. The summed E-state index contributed by atoms with van der Waals surface area (Å²) in [6.07, 6.45) is 8.81. The summed E-state index contributed by atoms with van der Waals surface area (Å²) in [5.74, 6) is 1.96. The molecule has 1 unspecified atom stereocenters. The van der Waals surface area contributed by atoms with Crippen molar-refractivity contribution in [2.45, 2.75) is 39.0 Å². The second-order valence-electron chi connectivity index (χ2n) is 5.02. The van der Waals surface area contributed by atoms with Gasteiger partial charge in [-0.3, -0.25) is 4.98 Å². The Hall–Kier alpha value is -1.75. The van der Waals surface area contributed by atoms with Gasteiger partial charge in [0.25, 0.3) is 0 Å². The molecular weight excluding hydrogens is 252 g/mol. The Balaban J connectivity index is 1.92. The molecule has 0 aliphatic rings. The number of aromatic nitrogens is 3. The summed E-state index contributed by atoms with van der Waals surface area (Å²) in [6.45, 7) is 2.95. The molecule has 108 valence electrons. The zero-order valence-corrected chi connectivity index (χ0v) is 12.0. The van der Waals surface area contributed by atoms with E-state index in [1.807, 2.05) is 12.1 Å². The van der Waals surface area contributed by atoms with Gasteiger partial charge in [-0.25, -0.2) is 0 Å². The Morgan fingerprint density at radius 3 is 2.90 bits per heavy atom. The van der Waals surface area contributed by atoms with Crippen LogP contribution in [0.3, 0.4) is 0 Å². The highest BCUT2D eigenvalue weighted by Crippen LogP contribution is 2.19. The van der Waals surface area contributed by atoms with Gasteiger partial charge in [0.2, 0.25) is 11.7 Å². The molecule has 2 aromatic rings. The highest BCUT2D eigenvalue weighted by molar-refractivity contribution is 5.51. The summed E-state index contributed by atoms with van der Waals surface area (Å²) >= 11 is 0. The number of nitrogens with zero attached hydrogens (tertiary/aromatic N) is 3. The lowest BCUT2D eigenvalue weighted by molar-refractivity contribution is 0.349. The van der Waals surface area contributed by atoms with Crippen molar-refractivity contribution in [3.8, 4) is 11.4 Å². The summed E-state index contributed by atoms with van der Waals surface area (Å²) in [5, 5.41) is 4.01. The van der Waals surface area contributed by atoms with Crippen molar-refractivity contribution in [1.82, 2.24) is 15.1 Å². The maximum Gasteiger partial charge on any atom is 0.226 e. The van der Waals surface area contributed by atoms with Crippen LogP contribution in [-0.4, -0.2) is 21.7 Å². The van der Waals surface area contributed by atoms with E-state index in [9.17, 15) is 0 Å². The molecule has 0 radical (unpaired) electrons. The molecule has 5 heteroatoms. The molecule has 2 aromatic heterocycles. The fraction of sp³-hybridized carbons (Fsp3) is 0.533. The number of nitrogens with two attached hydrogens (primary N) is 1. The minimum Gasteiger partial charge on any atom is -0.339 e. The van der Waals surface area contributed by atoms with Gasteiger partial charge in [-0.1, -0.05) is 24.9 Å². The molecule has 0 saturated carbocycles. The summed E-state index contributed by atoms with van der Waals surface area (Å²) in [5.41, 5.74) is 6.53. The maximum atomic E-state index is 5.65. The molecule has 0 aromatic carbocycles. The van der Waals surface area contributed by atoms with Crippen molar-refractivity contribution < 1.29 is 4.52 Å². The van der Waals surface area contributed by atoms with Crippen LogP contribution in [0.15, 0.2) is 29.0 Å². The van der Waals surface area contributed by atoms with Gasteiger partial charge >= 0.3 is 0 Å². The molecule has 2 heterocycles. The molecule has 0 saturated heterocycles. The number of hydrogen-bond acceptors (Lipinski definition) is 5. The van der Waals surface area contributed by atoms with Crippen LogP contribution < -0.4 is 5.73 Å². The molecule has 0 aliphatic carbocycles. The maximum absolute atomic E-state index is 5.65. The van der Waals surface area contributed by atoms with Gasteiger partial charge in [-0.15, -0.1) is 0 Å². The van der Waals surface area contributed by atoms with Gasteiger partial charge in [0.15, 0.2) is 0 Å². The molecule has 20 heavy (non-hydrogen) atoms. The highest BCUT2D eigenvalue weighted by atomic mass is 16.5. The van der Waals surface area contributed by atoms with Crippen molar-refractivity contribution >= 4 is 0 Å². The topological polar surface area (TPSA) is 77.8 Å². The van der Waals surface area contributed by atoms with E-state index in [1.54, 1.807) is 12.4 Å². The minimum absolute atomic E-state index is 0.610. The highest BCUT2D eigenvalue weighted by Gasteiger charge is 2.12. The zero-order chi connectivity index (χ0) is 14.2. The third-order valence-corrected chi connectivity index (χ3v) is 3.43. The van der Waals surface area contributed by atoms with E-state index in [2.05, 4.69) is 22.0 Å². The number of rotatable bonds is 8. The predicted octanol–water partition coefficient (Wildman–Crippen LogP) is 2.83. The Kier molecular flexibility index (Phi) is 5.68. The van der Waals surface area contributed by atoms with E-state index in [1.165, 1.54) is 12.8 Å². The number of pyridine rings is 1. The Morgan fingerprint density at radius 1 is 1.30 bits per heavy atom. The van der Waals surface area contributed by atoms with Crippen LogP contribution in [0.4, 0.5) is 0 Å². The van der Waals surface area contributed by atoms with Crippen LogP contribution in [-0.2, 0) is 6.42 Å². The lowest BCUT2D eigenvalue weighted by Crippen LogP contribution is -2.09. The third-order valence-electron chi connectivity index (χ3n) is 3.43. The quantitative estimate of drug-likeness (QED) is 0.800. The first kappa shape index (κ1) is 14.7. The first-order valence-corrected chi connectivity index (χ1v) is 7.26. The average Bonchev–Trinajstić information content (AvgIpc) is 2.95. The lowest BCUT2D eigenvalue weighted by Gasteiger charge is -2.13. The van der Waals surface area contributed by atoms with Crippen molar-refractivity contribution in [3.63, 3.8) is 0 Å². The van der Waals surface area contributed by atoms with E-state index in [0.717, 1.165) is 31.4 Å². The summed E-state index contributed by atoms with van der Waals surface area (Å²) < 4.78 is 5.31. The minimum atomic E-state index is 0.610. The van der Waals surface area contributed by atoms with Crippen LogP contribution in [0.2, 0.25) is 0 Å². The van der Waals surface area contributed by atoms with Crippen LogP contribution >= 0.6 is 0 Å². The van der Waals surface area contributed by atoms with Gasteiger partial charge < -0.3 is 10.3 Å². The molecule has 0 aliphatic heterocycles. The second-order valence-corrected chi connectivity index (χ2v) is 5.02. The van der Waals surface area contributed by atoms with Crippen molar-refractivity contribution in [1.29, 1.82) is 0 Å². The average molecular weight is 274 g/mol. The summed E-state index contributed by atoms with van der Waals surface area (Å²) in [6, 6.07) is 3.79. The van der Waals surface area contributed by atoms with E-state index in [0.29, 0.717) is 17.6 Å². The largest absolute Gasteiger partial charge is 0.339 e. The van der Waals surface area contributed by atoms with Crippen LogP contribution in [0.1, 0.15) is 38.5 Å². The van der Waals surface area contributed by atoms with E-state index in [-0.39, 0.29) is 0 Å². The first-order chi connectivity index (χ1) is 9.83. The van der Waals surface area contributed by atoms with Crippen molar-refractivity contribution in [2.75, 3.05) is 6.54 Å².